The van der Waals surface area contributed by atoms with Crippen LogP contribution in [0.25, 0.3) is 5.59 Å². The Labute approximate surface area is 94.5 Å². The SMILES string of the molecule is CC1=[C-]C(C)(C)C(C)=C1C.[N-]=O.[W+2]. The normalized spacial score (nSPS) is 18.4. The van der Waals surface area contributed by atoms with Gasteiger partial charge in [-0.25, -0.2) is 5.57 Å². The molecule has 3 heteroatoms. The maximum atomic E-state index is 7.25. The van der Waals surface area contributed by atoms with Crippen LogP contribution in [0.4, 0.5) is 0 Å². The number of nitroso groups, excluding NO2 is 1. The number of hydrogen-bond donors (Lipinski definition) is 0. The Bertz CT molecular complexity index is 241. The molecule has 0 aromatic heterocycles. The van der Waals surface area contributed by atoms with Gasteiger partial charge >= 0.3 is 21.1 Å². The van der Waals surface area contributed by atoms with E-state index in [1.54, 1.807) is 0 Å². The standard InChI is InChI=1S/C10H15.NO.W/c1-7-6-10(4,5)9(3)8(7)2;1-2;/h1-5H3;;/q2*-1;+2. The largest absolute Gasteiger partial charge is 2.00 e. The predicted octanol–water partition coefficient (Wildman–Crippen LogP) is 3.43. The van der Waals surface area contributed by atoms with E-state index in [2.05, 4.69) is 40.7 Å². The Balaban J connectivity index is 0. The Morgan fingerprint density at radius 1 is 1.15 bits per heavy atom. The van der Waals surface area contributed by atoms with Crippen LogP contribution in [-0.2, 0) is 21.1 Å². The zero-order valence-corrected chi connectivity index (χ0v) is 11.7. The average molecular weight is 349 g/mol. The Morgan fingerprint density at radius 2 is 1.54 bits per heavy atom. The number of rotatable bonds is 0. The van der Waals surface area contributed by atoms with Gasteiger partial charge in [-0.1, -0.05) is 33.1 Å². The van der Waals surface area contributed by atoms with Crippen LogP contribution < -0.4 is 0 Å². The third-order valence-electron chi connectivity index (χ3n) is 2.56. The van der Waals surface area contributed by atoms with Gasteiger partial charge in [-0.2, -0.15) is 11.1 Å². The summed E-state index contributed by atoms with van der Waals surface area (Å²) in [6, 6.07) is 0. The van der Waals surface area contributed by atoms with Crippen LogP contribution in [0.3, 0.4) is 0 Å². The third-order valence-corrected chi connectivity index (χ3v) is 2.56. The summed E-state index contributed by atoms with van der Waals surface area (Å²) in [6.07, 6.45) is 3.44. The first-order chi connectivity index (χ1) is 5.45. The quantitative estimate of drug-likeness (QED) is 0.618. The van der Waals surface area contributed by atoms with E-state index in [-0.39, 0.29) is 26.5 Å². The Morgan fingerprint density at radius 3 is 1.62 bits per heavy atom. The maximum absolute atomic E-state index is 7.25. The summed E-state index contributed by atoms with van der Waals surface area (Å²) in [5.41, 5.74) is 10.1. The maximum Gasteiger partial charge on any atom is 2.00 e. The first kappa shape index (κ1) is 15.2. The van der Waals surface area contributed by atoms with Crippen LogP contribution in [0.1, 0.15) is 34.6 Å². The first-order valence-corrected chi connectivity index (χ1v) is 3.93. The van der Waals surface area contributed by atoms with E-state index < -0.39 is 0 Å². The molecular weight excluding hydrogens is 334 g/mol. The summed E-state index contributed by atoms with van der Waals surface area (Å²) in [6.45, 7) is 10.9. The van der Waals surface area contributed by atoms with Crippen LogP contribution in [0.15, 0.2) is 16.7 Å². The van der Waals surface area contributed by atoms with Crippen molar-refractivity contribution in [2.45, 2.75) is 34.6 Å². The van der Waals surface area contributed by atoms with Crippen LogP contribution in [-0.4, -0.2) is 0 Å². The van der Waals surface area contributed by atoms with Gasteiger partial charge in [-0.3, -0.25) is 6.08 Å². The van der Waals surface area contributed by atoms with E-state index in [9.17, 15) is 0 Å². The molecule has 0 bridgehead atoms. The molecule has 1 aliphatic carbocycles. The average Bonchev–Trinajstić information content (AvgIpc) is 2.19. The molecule has 0 aromatic carbocycles. The molecule has 0 radical (unpaired) electrons. The van der Waals surface area contributed by atoms with Gasteiger partial charge < -0.3 is 10.5 Å². The van der Waals surface area contributed by atoms with Crippen molar-refractivity contribution in [3.63, 3.8) is 0 Å². The summed E-state index contributed by atoms with van der Waals surface area (Å²) < 4.78 is 0. The van der Waals surface area contributed by atoms with Gasteiger partial charge in [-0.15, -0.1) is 6.92 Å². The molecule has 0 amide bonds. The minimum Gasteiger partial charge on any atom is -0.577 e. The summed E-state index contributed by atoms with van der Waals surface area (Å²) in [7, 11) is 0. The number of hydrogen-bond acceptors (Lipinski definition) is 1. The third kappa shape index (κ3) is 3.19. The Kier molecular flexibility index (Phi) is 6.44. The van der Waals surface area contributed by atoms with Crippen molar-refractivity contribution in [1.29, 1.82) is 0 Å². The monoisotopic (exact) mass is 349 g/mol. The molecule has 1 rings (SSSR count). The summed E-state index contributed by atoms with van der Waals surface area (Å²) in [5, 5.41) is 0. The predicted molar refractivity (Wildman–Crippen MR) is 51.3 cm³/mol. The van der Waals surface area contributed by atoms with E-state index in [1.165, 1.54) is 16.7 Å². The van der Waals surface area contributed by atoms with Gasteiger partial charge in [0, 0.05) is 0 Å². The number of nitrogens with zero attached hydrogens (tertiary/aromatic N) is 1. The molecule has 0 N–H and O–H groups in total. The fourth-order valence-electron chi connectivity index (χ4n) is 1.41. The van der Waals surface area contributed by atoms with Crippen molar-refractivity contribution in [1.82, 2.24) is 0 Å². The van der Waals surface area contributed by atoms with E-state index in [1.807, 2.05) is 0 Å². The van der Waals surface area contributed by atoms with Crippen molar-refractivity contribution in [3.8, 4) is 0 Å². The Hall–Kier alpha value is -0.232. The molecule has 0 aliphatic heterocycles. The van der Waals surface area contributed by atoms with Gasteiger partial charge in [0.1, 0.15) is 0 Å². The van der Waals surface area contributed by atoms with Gasteiger partial charge in [0.05, 0.1) is 0 Å². The van der Waals surface area contributed by atoms with Gasteiger partial charge in [0.2, 0.25) is 0 Å². The summed E-state index contributed by atoms with van der Waals surface area (Å²) >= 11 is 0. The van der Waals surface area contributed by atoms with Crippen LogP contribution >= 0.6 is 0 Å². The fraction of sp³-hybridized carbons (Fsp3) is 0.600. The second-order valence-electron chi connectivity index (χ2n) is 3.62. The molecule has 72 valence electrons. The van der Waals surface area contributed by atoms with Crippen molar-refractivity contribution in [2.24, 2.45) is 5.41 Å². The summed E-state index contributed by atoms with van der Waals surface area (Å²) in [4.78, 5) is 7.25. The van der Waals surface area contributed by atoms with Crippen molar-refractivity contribution in [2.75, 3.05) is 0 Å². The molecule has 0 spiro atoms. The van der Waals surface area contributed by atoms with Gasteiger partial charge in [-0.05, 0) is 0 Å². The minimum absolute atomic E-state index is 0. The van der Waals surface area contributed by atoms with E-state index in [4.69, 9.17) is 10.5 Å². The second-order valence-corrected chi connectivity index (χ2v) is 3.62. The molecule has 0 unspecified atom stereocenters. The molecular formula is C10H15NOW. The van der Waals surface area contributed by atoms with Crippen molar-refractivity contribution >= 4 is 0 Å². The molecule has 0 fully saturated rings. The van der Waals surface area contributed by atoms with E-state index in [0.29, 0.717) is 0 Å². The van der Waals surface area contributed by atoms with Crippen LogP contribution in [0.2, 0.25) is 0 Å². The first-order valence-electron chi connectivity index (χ1n) is 3.93. The zero-order valence-electron chi connectivity index (χ0n) is 8.76. The fourth-order valence-corrected chi connectivity index (χ4v) is 1.41. The molecule has 2 nitrogen and oxygen atoms in total. The number of allylic oxidation sites excluding steroid dienone is 4. The molecule has 13 heavy (non-hydrogen) atoms. The smallest absolute Gasteiger partial charge is 0.577 e. The molecule has 0 atom stereocenters. The molecule has 0 saturated heterocycles. The zero-order chi connectivity index (χ0) is 9.94. The van der Waals surface area contributed by atoms with Crippen LogP contribution in [0, 0.1) is 16.4 Å². The van der Waals surface area contributed by atoms with Gasteiger partial charge in [0.25, 0.3) is 0 Å². The summed E-state index contributed by atoms with van der Waals surface area (Å²) in [5.74, 6) is 0. The molecule has 0 saturated carbocycles. The molecule has 0 aromatic rings. The molecule has 0 heterocycles. The molecule has 1 aliphatic rings. The van der Waals surface area contributed by atoms with Gasteiger partial charge in [0.15, 0.2) is 0 Å². The van der Waals surface area contributed by atoms with E-state index >= 15 is 0 Å². The van der Waals surface area contributed by atoms with Crippen LogP contribution in [0.5, 0.6) is 0 Å². The topological polar surface area (TPSA) is 39.4 Å². The second kappa shape index (κ2) is 5.49. The van der Waals surface area contributed by atoms with Crippen molar-refractivity contribution < 1.29 is 21.1 Å². The van der Waals surface area contributed by atoms with E-state index in [0.717, 1.165) is 0 Å². The van der Waals surface area contributed by atoms with Crippen molar-refractivity contribution in [3.05, 3.63) is 33.3 Å². The minimum atomic E-state index is 0.